The van der Waals surface area contributed by atoms with Crippen LogP contribution < -0.4 is 10.1 Å². The smallest absolute Gasteiger partial charge is 0.393 e. The lowest BCUT2D eigenvalue weighted by atomic mass is 9.87. The number of nitrogens with one attached hydrogen (secondary N) is 2. The number of halogens is 3. The number of carbonyl (C=O) groups is 1. The van der Waals surface area contributed by atoms with Gasteiger partial charge < -0.3 is 15.0 Å². The van der Waals surface area contributed by atoms with Gasteiger partial charge in [-0.05, 0) is 52.1 Å². The molecule has 0 bridgehead atoms. The number of aromatic nitrogens is 2. The van der Waals surface area contributed by atoms with E-state index in [1.807, 2.05) is 0 Å². The van der Waals surface area contributed by atoms with E-state index >= 15 is 0 Å². The van der Waals surface area contributed by atoms with E-state index in [4.69, 9.17) is 13.0 Å². The second-order valence-electron chi connectivity index (χ2n) is 8.84. The molecular formula is C31H31F3N4O2. The lowest BCUT2D eigenvalue weighted by Crippen LogP contribution is -2.22. The van der Waals surface area contributed by atoms with Crippen LogP contribution in [0.25, 0.3) is 22.0 Å². The summed E-state index contributed by atoms with van der Waals surface area (Å²) in [6.45, 7) is -5.58. The summed E-state index contributed by atoms with van der Waals surface area (Å²) in [4.78, 5) is 12.0. The first-order valence-electron chi connectivity index (χ1n) is 15.4. The first kappa shape index (κ1) is 21.5. The Balaban J connectivity index is 1.47. The van der Waals surface area contributed by atoms with Crippen molar-refractivity contribution in [3.63, 3.8) is 0 Å². The van der Waals surface area contributed by atoms with Gasteiger partial charge in [-0.2, -0.15) is 18.3 Å². The summed E-state index contributed by atoms with van der Waals surface area (Å²) in [5.41, 5.74) is 2.93. The lowest BCUT2D eigenvalue weighted by Gasteiger charge is -2.19. The summed E-state index contributed by atoms with van der Waals surface area (Å²) in [6, 6.07) is 20.5. The molecule has 0 unspecified atom stereocenters. The van der Waals surface area contributed by atoms with Gasteiger partial charge in [0.05, 0.1) is 18.1 Å². The number of carbonyl (C=O) groups excluding carboxylic acids is 1. The van der Waals surface area contributed by atoms with Gasteiger partial charge in [-0.15, -0.1) is 0 Å². The Bertz CT molecular complexity index is 1670. The van der Waals surface area contributed by atoms with Crippen molar-refractivity contribution < 1.29 is 30.9 Å². The standard InChI is InChI=1S/C31H31F3N4O2/c1-38(2)29(39)9-6-16-35-17-18-40-26-13-10-23(11-14-26)30(24-12-15-28-25(19-24)21-36-37-28)27(20-31(32,33)34)22-7-4-3-5-8-22/h3-15,19,21,35H,16-18,20H2,1-2H3,(H,36,37)/b9-6+,30-27+/i1D3,2D3. The molecule has 1 amide bonds. The average molecular weight is 555 g/mol. The Hall–Kier alpha value is -4.37. The predicted octanol–water partition coefficient (Wildman–Crippen LogP) is 6.09. The minimum atomic E-state index is -4.46. The van der Waals surface area contributed by atoms with Crippen molar-refractivity contribution in [2.75, 3.05) is 33.6 Å². The molecule has 0 aliphatic carbocycles. The third-order valence-corrected chi connectivity index (χ3v) is 5.96. The quantitative estimate of drug-likeness (QED) is 0.134. The fraction of sp³-hybridized carbons (Fsp3) is 0.226. The van der Waals surface area contributed by atoms with Crippen molar-refractivity contribution in [2.24, 2.45) is 0 Å². The Labute approximate surface area is 239 Å². The van der Waals surface area contributed by atoms with Crippen LogP contribution in [0.3, 0.4) is 0 Å². The van der Waals surface area contributed by atoms with E-state index < -0.39 is 32.5 Å². The van der Waals surface area contributed by atoms with E-state index in [0.29, 0.717) is 34.6 Å². The molecule has 208 valence electrons. The number of hydrogen-bond donors (Lipinski definition) is 2. The van der Waals surface area contributed by atoms with Crippen molar-refractivity contribution in [1.82, 2.24) is 20.4 Å². The topological polar surface area (TPSA) is 70.2 Å². The number of rotatable bonds is 11. The number of alkyl halides is 3. The second kappa shape index (κ2) is 13.1. The van der Waals surface area contributed by atoms with Gasteiger partial charge >= 0.3 is 6.18 Å². The summed E-state index contributed by atoms with van der Waals surface area (Å²) < 4.78 is 91.3. The highest BCUT2D eigenvalue weighted by molar-refractivity contribution is 6.00. The zero-order valence-electron chi connectivity index (χ0n) is 27.3. The van der Waals surface area contributed by atoms with Crippen LogP contribution in [-0.2, 0) is 4.79 Å². The zero-order valence-corrected chi connectivity index (χ0v) is 21.3. The molecule has 1 aromatic heterocycles. The Morgan fingerprint density at radius 2 is 1.80 bits per heavy atom. The minimum absolute atomic E-state index is 0.126. The second-order valence-corrected chi connectivity index (χ2v) is 8.84. The van der Waals surface area contributed by atoms with Crippen LogP contribution in [0, 0.1) is 0 Å². The molecule has 0 saturated carbocycles. The van der Waals surface area contributed by atoms with Crippen molar-refractivity contribution in [2.45, 2.75) is 12.6 Å². The molecule has 0 saturated heterocycles. The molecule has 0 aliphatic heterocycles. The van der Waals surface area contributed by atoms with Crippen molar-refractivity contribution in [3.05, 3.63) is 108 Å². The fourth-order valence-corrected chi connectivity index (χ4v) is 4.17. The third-order valence-electron chi connectivity index (χ3n) is 5.96. The number of hydrogen-bond acceptors (Lipinski definition) is 4. The fourth-order valence-electron chi connectivity index (χ4n) is 4.17. The molecule has 40 heavy (non-hydrogen) atoms. The molecule has 4 aromatic rings. The Morgan fingerprint density at radius 1 is 1.05 bits per heavy atom. The maximum atomic E-state index is 13.9. The van der Waals surface area contributed by atoms with Gasteiger partial charge in [0.1, 0.15) is 12.4 Å². The molecule has 1 heterocycles. The minimum Gasteiger partial charge on any atom is -0.492 e. The number of benzene rings is 3. The van der Waals surface area contributed by atoms with Crippen LogP contribution in [0.2, 0.25) is 0 Å². The van der Waals surface area contributed by atoms with Gasteiger partial charge in [-0.25, -0.2) is 0 Å². The first-order chi connectivity index (χ1) is 21.6. The zero-order chi connectivity index (χ0) is 33.5. The van der Waals surface area contributed by atoms with Crippen LogP contribution in [0.1, 0.15) is 31.3 Å². The van der Waals surface area contributed by atoms with E-state index in [-0.39, 0.29) is 23.6 Å². The normalized spacial score (nSPS) is 15.4. The van der Waals surface area contributed by atoms with Gasteiger partial charge in [-0.3, -0.25) is 9.89 Å². The number of ether oxygens (including phenoxy) is 1. The largest absolute Gasteiger partial charge is 0.492 e. The van der Waals surface area contributed by atoms with Gasteiger partial charge in [0, 0.05) is 46.7 Å². The summed E-state index contributed by atoms with van der Waals surface area (Å²) in [5.74, 6) is -0.689. The first-order valence-corrected chi connectivity index (χ1v) is 12.4. The number of aromatic amines is 1. The van der Waals surface area contributed by atoms with Crippen molar-refractivity contribution >= 4 is 28.0 Å². The maximum Gasteiger partial charge on any atom is 0.393 e. The van der Waals surface area contributed by atoms with E-state index in [0.717, 1.165) is 17.0 Å². The summed E-state index contributed by atoms with van der Waals surface area (Å²) >= 11 is 0. The average Bonchev–Trinajstić information content (AvgIpc) is 3.43. The van der Waals surface area contributed by atoms with Crippen LogP contribution >= 0.6 is 0 Å². The van der Waals surface area contributed by atoms with Crippen LogP contribution in [0.5, 0.6) is 5.75 Å². The van der Waals surface area contributed by atoms with Gasteiger partial charge in [0.15, 0.2) is 0 Å². The van der Waals surface area contributed by atoms with Gasteiger partial charge in [0.25, 0.3) is 0 Å². The molecule has 9 heteroatoms. The highest BCUT2D eigenvalue weighted by atomic mass is 19.4. The van der Waals surface area contributed by atoms with E-state index in [1.165, 1.54) is 6.08 Å². The number of likely N-dealkylation sites (N-methyl/N-ethyl adjacent to an activating group) is 1. The van der Waals surface area contributed by atoms with Crippen LogP contribution in [0.4, 0.5) is 13.2 Å². The molecule has 0 radical (unpaired) electrons. The Kier molecular flexibility index (Phi) is 7.04. The molecule has 0 fully saturated rings. The molecule has 6 nitrogen and oxygen atoms in total. The number of H-pyrrole nitrogens is 1. The summed E-state index contributed by atoms with van der Waals surface area (Å²) in [6.07, 6.45) is -1.79. The van der Waals surface area contributed by atoms with E-state index in [1.54, 1.807) is 79.0 Å². The van der Waals surface area contributed by atoms with E-state index in [9.17, 15) is 18.0 Å². The monoisotopic (exact) mass is 554 g/mol. The molecule has 3 aromatic carbocycles. The number of nitrogens with zero attached hydrogens (tertiary/aromatic N) is 2. The maximum absolute atomic E-state index is 13.9. The number of fused-ring (bicyclic) bond motifs is 1. The number of allylic oxidation sites excluding steroid dienone is 1. The Morgan fingerprint density at radius 3 is 2.52 bits per heavy atom. The number of amides is 1. The summed E-state index contributed by atoms with van der Waals surface area (Å²) in [7, 11) is 0. The summed E-state index contributed by atoms with van der Waals surface area (Å²) in [5, 5.41) is 10.6. The van der Waals surface area contributed by atoms with Crippen LogP contribution in [-0.4, -0.2) is 60.8 Å². The van der Waals surface area contributed by atoms with Gasteiger partial charge in [0.2, 0.25) is 5.91 Å². The highest BCUT2D eigenvalue weighted by Crippen LogP contribution is 2.40. The molecule has 0 atom stereocenters. The highest BCUT2D eigenvalue weighted by Gasteiger charge is 2.31. The molecule has 4 rings (SSSR count). The lowest BCUT2D eigenvalue weighted by molar-refractivity contribution is -0.124. The third kappa shape index (κ3) is 7.83. The van der Waals surface area contributed by atoms with Crippen LogP contribution in [0.15, 0.2) is 91.1 Å². The van der Waals surface area contributed by atoms with Crippen molar-refractivity contribution in [3.8, 4) is 5.75 Å². The van der Waals surface area contributed by atoms with E-state index in [2.05, 4.69) is 15.5 Å². The molecule has 0 aliphatic rings. The molecule has 2 N–H and O–H groups in total. The molecule has 0 spiro atoms. The van der Waals surface area contributed by atoms with Crippen molar-refractivity contribution in [1.29, 1.82) is 0 Å². The molecular weight excluding hydrogens is 517 g/mol. The van der Waals surface area contributed by atoms with Gasteiger partial charge in [-0.1, -0.05) is 54.6 Å². The predicted molar refractivity (Wildman–Crippen MR) is 152 cm³/mol. The SMILES string of the molecule is [2H]C([2H])([2H])N(C(=O)/C=C/CNCCOc1ccc(/C(=C(/CC(F)(F)F)c2ccccc2)c2ccc3[nH]ncc3c2)cc1)C([2H])([2H])[2H].